The highest BCUT2D eigenvalue weighted by Gasteiger charge is 1.98. The van der Waals surface area contributed by atoms with Crippen LogP contribution in [0.3, 0.4) is 0 Å². The standard InChI is InChI=1S/C14H14BrNS/c1-17-13-8-6-12(7-9-13)16-10-11-4-2-3-5-14(11)15/h2-9,16H,10H2,1H3. The van der Waals surface area contributed by atoms with Crippen molar-refractivity contribution in [2.75, 3.05) is 11.6 Å². The van der Waals surface area contributed by atoms with Crippen molar-refractivity contribution < 1.29 is 0 Å². The number of anilines is 1. The molecular formula is C14H14BrNS. The summed E-state index contributed by atoms with van der Waals surface area (Å²) in [6.07, 6.45) is 2.09. The lowest BCUT2D eigenvalue weighted by molar-refractivity contribution is 1.13. The summed E-state index contributed by atoms with van der Waals surface area (Å²) in [7, 11) is 0. The molecule has 2 aromatic carbocycles. The second kappa shape index (κ2) is 6.12. The van der Waals surface area contributed by atoms with Crippen LogP contribution in [0.2, 0.25) is 0 Å². The van der Waals surface area contributed by atoms with E-state index in [1.807, 2.05) is 6.07 Å². The van der Waals surface area contributed by atoms with Crippen molar-refractivity contribution >= 4 is 33.4 Å². The van der Waals surface area contributed by atoms with Gasteiger partial charge in [0.25, 0.3) is 0 Å². The Labute approximate surface area is 115 Å². The van der Waals surface area contributed by atoms with Gasteiger partial charge in [-0.25, -0.2) is 0 Å². The van der Waals surface area contributed by atoms with Crippen LogP contribution in [0.5, 0.6) is 0 Å². The summed E-state index contributed by atoms with van der Waals surface area (Å²) in [4.78, 5) is 1.29. The molecule has 1 N–H and O–H groups in total. The predicted octanol–water partition coefficient (Wildman–Crippen LogP) is 4.78. The number of hydrogen-bond donors (Lipinski definition) is 1. The molecule has 0 aromatic heterocycles. The SMILES string of the molecule is CSc1ccc(NCc2ccccc2Br)cc1. The average molecular weight is 308 g/mol. The second-order valence-electron chi connectivity index (χ2n) is 3.67. The van der Waals surface area contributed by atoms with E-state index < -0.39 is 0 Å². The molecule has 0 unspecified atom stereocenters. The van der Waals surface area contributed by atoms with E-state index in [-0.39, 0.29) is 0 Å². The summed E-state index contributed by atoms with van der Waals surface area (Å²) in [5, 5.41) is 3.41. The Bertz CT molecular complexity index is 482. The van der Waals surface area contributed by atoms with Crippen LogP contribution in [0.25, 0.3) is 0 Å². The minimum absolute atomic E-state index is 0.833. The molecule has 17 heavy (non-hydrogen) atoms. The van der Waals surface area contributed by atoms with Crippen LogP contribution < -0.4 is 5.32 Å². The van der Waals surface area contributed by atoms with E-state index in [0.717, 1.165) is 16.7 Å². The highest BCUT2D eigenvalue weighted by Crippen LogP contribution is 2.20. The average Bonchev–Trinajstić information content (AvgIpc) is 2.38. The van der Waals surface area contributed by atoms with Crippen LogP contribution in [-0.4, -0.2) is 6.26 Å². The molecule has 0 saturated heterocycles. The van der Waals surface area contributed by atoms with Crippen molar-refractivity contribution in [3.63, 3.8) is 0 Å². The Morgan fingerprint density at radius 2 is 1.76 bits per heavy atom. The molecular weight excluding hydrogens is 294 g/mol. The molecule has 2 rings (SSSR count). The summed E-state index contributed by atoms with van der Waals surface area (Å²) < 4.78 is 1.15. The molecule has 0 aliphatic heterocycles. The Balaban J connectivity index is 2.00. The van der Waals surface area contributed by atoms with Crippen LogP contribution in [-0.2, 0) is 6.54 Å². The van der Waals surface area contributed by atoms with Crippen molar-refractivity contribution in [3.8, 4) is 0 Å². The van der Waals surface area contributed by atoms with Crippen molar-refractivity contribution in [3.05, 3.63) is 58.6 Å². The minimum Gasteiger partial charge on any atom is -0.381 e. The molecule has 88 valence electrons. The fraction of sp³-hybridized carbons (Fsp3) is 0.143. The van der Waals surface area contributed by atoms with Gasteiger partial charge in [0.2, 0.25) is 0 Å². The highest BCUT2D eigenvalue weighted by atomic mass is 79.9. The van der Waals surface area contributed by atoms with Gasteiger partial charge in [0.05, 0.1) is 0 Å². The lowest BCUT2D eigenvalue weighted by Gasteiger charge is -2.08. The first-order chi connectivity index (χ1) is 8.29. The monoisotopic (exact) mass is 307 g/mol. The summed E-state index contributed by atoms with van der Waals surface area (Å²) >= 11 is 5.31. The Morgan fingerprint density at radius 3 is 2.41 bits per heavy atom. The fourth-order valence-electron chi connectivity index (χ4n) is 1.55. The molecule has 0 aliphatic carbocycles. The van der Waals surface area contributed by atoms with Crippen molar-refractivity contribution in [1.29, 1.82) is 0 Å². The lowest BCUT2D eigenvalue weighted by atomic mass is 10.2. The first-order valence-corrected chi connectivity index (χ1v) is 7.42. The molecule has 0 amide bonds. The maximum absolute atomic E-state index is 3.55. The highest BCUT2D eigenvalue weighted by molar-refractivity contribution is 9.10. The van der Waals surface area contributed by atoms with E-state index in [9.17, 15) is 0 Å². The van der Waals surface area contributed by atoms with Crippen molar-refractivity contribution in [2.45, 2.75) is 11.4 Å². The van der Waals surface area contributed by atoms with Gasteiger partial charge in [-0.1, -0.05) is 34.1 Å². The molecule has 0 saturated carbocycles. The van der Waals surface area contributed by atoms with Gasteiger partial charge in [0.1, 0.15) is 0 Å². The normalized spacial score (nSPS) is 10.2. The molecule has 0 spiro atoms. The van der Waals surface area contributed by atoms with Crippen LogP contribution in [0.1, 0.15) is 5.56 Å². The van der Waals surface area contributed by atoms with Crippen LogP contribution >= 0.6 is 27.7 Å². The largest absolute Gasteiger partial charge is 0.381 e. The van der Waals surface area contributed by atoms with Gasteiger partial charge in [-0.2, -0.15) is 0 Å². The molecule has 0 radical (unpaired) electrons. The van der Waals surface area contributed by atoms with Gasteiger partial charge in [-0.05, 0) is 42.2 Å². The summed E-state index contributed by atoms with van der Waals surface area (Å²) in [6.45, 7) is 0.833. The maximum Gasteiger partial charge on any atom is 0.0411 e. The van der Waals surface area contributed by atoms with E-state index in [1.54, 1.807) is 11.8 Å². The van der Waals surface area contributed by atoms with Gasteiger partial charge in [0, 0.05) is 21.6 Å². The Kier molecular flexibility index (Phi) is 4.51. The first-order valence-electron chi connectivity index (χ1n) is 5.41. The number of nitrogens with one attached hydrogen (secondary N) is 1. The summed E-state index contributed by atoms with van der Waals surface area (Å²) in [5.74, 6) is 0. The topological polar surface area (TPSA) is 12.0 Å². The molecule has 3 heteroatoms. The second-order valence-corrected chi connectivity index (χ2v) is 5.41. The minimum atomic E-state index is 0.833. The maximum atomic E-state index is 3.55. The molecule has 0 heterocycles. The van der Waals surface area contributed by atoms with E-state index in [2.05, 4.69) is 70.0 Å². The van der Waals surface area contributed by atoms with Crippen molar-refractivity contribution in [2.24, 2.45) is 0 Å². The van der Waals surface area contributed by atoms with Gasteiger partial charge in [-0.15, -0.1) is 11.8 Å². The van der Waals surface area contributed by atoms with Gasteiger partial charge < -0.3 is 5.32 Å². The van der Waals surface area contributed by atoms with E-state index >= 15 is 0 Å². The number of hydrogen-bond acceptors (Lipinski definition) is 2. The zero-order valence-electron chi connectivity index (χ0n) is 9.61. The molecule has 0 fully saturated rings. The molecule has 1 nitrogen and oxygen atoms in total. The quantitative estimate of drug-likeness (QED) is 0.816. The van der Waals surface area contributed by atoms with E-state index in [0.29, 0.717) is 0 Å². The third-order valence-corrected chi connectivity index (χ3v) is 4.05. The van der Waals surface area contributed by atoms with Gasteiger partial charge in [-0.3, -0.25) is 0 Å². The van der Waals surface area contributed by atoms with Gasteiger partial charge >= 0.3 is 0 Å². The van der Waals surface area contributed by atoms with Crippen LogP contribution in [0, 0.1) is 0 Å². The smallest absolute Gasteiger partial charge is 0.0411 e. The van der Waals surface area contributed by atoms with E-state index in [4.69, 9.17) is 0 Å². The molecule has 0 bridgehead atoms. The van der Waals surface area contributed by atoms with Gasteiger partial charge in [0.15, 0.2) is 0 Å². The Hall–Kier alpha value is -0.930. The summed E-state index contributed by atoms with van der Waals surface area (Å²) in [6, 6.07) is 16.8. The number of rotatable bonds is 4. The van der Waals surface area contributed by atoms with Crippen molar-refractivity contribution in [1.82, 2.24) is 0 Å². The van der Waals surface area contributed by atoms with Crippen LogP contribution in [0.4, 0.5) is 5.69 Å². The Morgan fingerprint density at radius 1 is 1.06 bits per heavy atom. The third-order valence-electron chi connectivity index (χ3n) is 2.53. The zero-order valence-corrected chi connectivity index (χ0v) is 12.0. The number of halogens is 1. The van der Waals surface area contributed by atoms with Crippen LogP contribution in [0.15, 0.2) is 57.9 Å². The zero-order chi connectivity index (χ0) is 12.1. The number of benzene rings is 2. The fourth-order valence-corrected chi connectivity index (χ4v) is 2.38. The molecule has 2 aromatic rings. The summed E-state index contributed by atoms with van der Waals surface area (Å²) in [5.41, 5.74) is 2.42. The lowest BCUT2D eigenvalue weighted by Crippen LogP contribution is -1.99. The predicted molar refractivity (Wildman–Crippen MR) is 79.7 cm³/mol. The van der Waals surface area contributed by atoms with E-state index in [1.165, 1.54) is 10.5 Å². The molecule has 0 atom stereocenters. The third kappa shape index (κ3) is 3.51. The molecule has 0 aliphatic rings. The number of thioether (sulfide) groups is 1. The first kappa shape index (κ1) is 12.5.